The number of carbonyl (C=O) groups excluding carboxylic acids is 1. The molecule has 4 nitrogen and oxygen atoms in total. The van der Waals surface area contributed by atoms with Crippen LogP contribution in [0.4, 0.5) is 8.78 Å². The van der Waals surface area contributed by atoms with Crippen LogP contribution in [0.15, 0.2) is 60.9 Å². The number of nitrogens with zero attached hydrogens (tertiary/aromatic N) is 3. The lowest BCUT2D eigenvalue weighted by molar-refractivity contribution is -0.132. The Morgan fingerprint density at radius 3 is 2.37 bits per heavy atom. The molecule has 1 atom stereocenters. The summed E-state index contributed by atoms with van der Waals surface area (Å²) in [6.07, 6.45) is 6.10. The number of piperidine rings is 1. The molecule has 1 unspecified atom stereocenters. The van der Waals surface area contributed by atoms with E-state index in [1.807, 2.05) is 4.90 Å². The summed E-state index contributed by atoms with van der Waals surface area (Å²) in [6.45, 7) is 1.32. The molecule has 0 aliphatic carbocycles. The lowest BCUT2D eigenvalue weighted by Gasteiger charge is -2.33. The maximum atomic E-state index is 13.3. The van der Waals surface area contributed by atoms with Gasteiger partial charge in [0.05, 0.1) is 11.4 Å². The van der Waals surface area contributed by atoms with Crippen molar-refractivity contribution in [3.05, 3.63) is 83.8 Å². The molecule has 1 aromatic heterocycles. The second-order valence-electron chi connectivity index (χ2n) is 7.60. The zero-order valence-corrected chi connectivity index (χ0v) is 16.6. The molecule has 1 aliphatic heterocycles. The number of hydrogen-bond acceptors (Lipinski definition) is 3. The molecular formula is C24H23F2N3O. The molecule has 1 fully saturated rings. The molecule has 0 saturated carbocycles. The van der Waals surface area contributed by atoms with Crippen molar-refractivity contribution in [2.45, 2.75) is 31.6 Å². The lowest BCUT2D eigenvalue weighted by Crippen LogP contribution is -2.39. The van der Waals surface area contributed by atoms with Crippen molar-refractivity contribution in [2.75, 3.05) is 13.1 Å². The molecule has 0 spiro atoms. The van der Waals surface area contributed by atoms with E-state index in [-0.39, 0.29) is 23.5 Å². The van der Waals surface area contributed by atoms with Crippen molar-refractivity contribution in [3.8, 4) is 11.3 Å². The maximum Gasteiger partial charge on any atom is 0.222 e. The Bertz CT molecular complexity index is 1010. The Hall–Kier alpha value is -3.15. The van der Waals surface area contributed by atoms with E-state index in [0.717, 1.165) is 41.9 Å². The summed E-state index contributed by atoms with van der Waals surface area (Å²) < 4.78 is 26.4. The number of aromatic nitrogens is 2. The number of amides is 1. The molecule has 2 heterocycles. The summed E-state index contributed by atoms with van der Waals surface area (Å²) in [6, 6.07) is 12.5. The average Bonchev–Trinajstić information content (AvgIpc) is 2.79. The van der Waals surface area contributed by atoms with Crippen molar-refractivity contribution in [3.63, 3.8) is 0 Å². The van der Waals surface area contributed by atoms with Crippen LogP contribution < -0.4 is 0 Å². The molecule has 0 N–H and O–H groups in total. The van der Waals surface area contributed by atoms with E-state index < -0.39 is 0 Å². The van der Waals surface area contributed by atoms with E-state index >= 15 is 0 Å². The van der Waals surface area contributed by atoms with Crippen LogP contribution in [0.2, 0.25) is 0 Å². The predicted molar refractivity (Wildman–Crippen MR) is 111 cm³/mol. The fraction of sp³-hybridized carbons (Fsp3) is 0.292. The van der Waals surface area contributed by atoms with Crippen molar-refractivity contribution < 1.29 is 13.6 Å². The Kier molecular flexibility index (Phi) is 6.12. The number of benzene rings is 2. The van der Waals surface area contributed by atoms with Gasteiger partial charge < -0.3 is 4.90 Å². The molecule has 0 bridgehead atoms. The molecule has 4 rings (SSSR count). The van der Waals surface area contributed by atoms with Gasteiger partial charge >= 0.3 is 0 Å². The first-order chi connectivity index (χ1) is 14.6. The van der Waals surface area contributed by atoms with Crippen molar-refractivity contribution in [1.29, 1.82) is 0 Å². The van der Waals surface area contributed by atoms with Crippen molar-refractivity contribution >= 4 is 5.91 Å². The second-order valence-corrected chi connectivity index (χ2v) is 7.60. The highest BCUT2D eigenvalue weighted by atomic mass is 19.1. The van der Waals surface area contributed by atoms with Gasteiger partial charge in [0.2, 0.25) is 5.91 Å². The molecule has 3 aromatic rings. The molecular weight excluding hydrogens is 384 g/mol. The topological polar surface area (TPSA) is 46.1 Å². The van der Waals surface area contributed by atoms with Gasteiger partial charge in [-0.15, -0.1) is 0 Å². The van der Waals surface area contributed by atoms with Gasteiger partial charge in [0, 0.05) is 43.4 Å². The molecule has 30 heavy (non-hydrogen) atoms. The zero-order chi connectivity index (χ0) is 20.9. The summed E-state index contributed by atoms with van der Waals surface area (Å²) in [5.74, 6) is -0.386. The molecule has 1 saturated heterocycles. The first-order valence-corrected chi connectivity index (χ1v) is 10.2. The Balaban J connectivity index is 1.46. The first kappa shape index (κ1) is 20.1. The number of likely N-dealkylation sites (tertiary alicyclic amines) is 1. The Morgan fingerprint density at radius 1 is 0.967 bits per heavy atom. The first-order valence-electron chi connectivity index (χ1n) is 10.2. The SMILES string of the molecule is O=C(CCc1ccc(F)cc1)N1CCCC(c2nccnc2-c2ccc(F)cc2)C1. The van der Waals surface area contributed by atoms with Crippen molar-refractivity contribution in [2.24, 2.45) is 0 Å². The van der Waals surface area contributed by atoms with E-state index in [1.165, 1.54) is 24.3 Å². The van der Waals surface area contributed by atoms with Crippen molar-refractivity contribution in [1.82, 2.24) is 14.9 Å². The number of rotatable bonds is 5. The summed E-state index contributed by atoms with van der Waals surface area (Å²) in [5, 5.41) is 0. The highest BCUT2D eigenvalue weighted by molar-refractivity contribution is 5.76. The minimum absolute atomic E-state index is 0.0854. The van der Waals surface area contributed by atoms with Crippen LogP contribution in [0.1, 0.15) is 36.4 Å². The predicted octanol–water partition coefficient (Wildman–Crippen LogP) is 4.76. The highest BCUT2D eigenvalue weighted by Crippen LogP contribution is 2.32. The summed E-state index contributed by atoms with van der Waals surface area (Å²) >= 11 is 0. The maximum absolute atomic E-state index is 13.3. The minimum Gasteiger partial charge on any atom is -0.342 e. The smallest absolute Gasteiger partial charge is 0.222 e. The van der Waals surface area contributed by atoms with Crippen LogP contribution in [0.3, 0.4) is 0 Å². The normalized spacial score (nSPS) is 16.5. The standard InChI is InChI=1S/C24H23F2N3O/c25-20-8-3-17(4-9-20)5-12-22(30)29-15-1-2-19(16-29)24-23(27-13-14-28-24)18-6-10-21(26)11-7-18/h3-4,6-11,13-14,19H,1-2,5,12,15-16H2. The third-order valence-corrected chi connectivity index (χ3v) is 5.55. The molecule has 1 aliphatic rings. The molecule has 0 radical (unpaired) electrons. The van der Waals surface area contributed by atoms with Gasteiger partial charge in [-0.2, -0.15) is 0 Å². The summed E-state index contributed by atoms with van der Waals surface area (Å²) in [4.78, 5) is 23.7. The monoisotopic (exact) mass is 407 g/mol. The largest absolute Gasteiger partial charge is 0.342 e. The number of halogens is 2. The minimum atomic E-state index is -0.292. The third kappa shape index (κ3) is 4.70. The molecule has 154 valence electrons. The van der Waals surface area contributed by atoms with Gasteiger partial charge in [-0.25, -0.2) is 8.78 Å². The van der Waals surface area contributed by atoms with Gasteiger partial charge in [0.1, 0.15) is 11.6 Å². The Labute approximate surface area is 174 Å². The van der Waals surface area contributed by atoms with Crippen LogP contribution in [-0.4, -0.2) is 33.9 Å². The van der Waals surface area contributed by atoms with E-state index in [4.69, 9.17) is 0 Å². The fourth-order valence-corrected chi connectivity index (χ4v) is 3.97. The lowest BCUT2D eigenvalue weighted by atomic mass is 9.91. The number of aryl methyl sites for hydroxylation is 1. The average molecular weight is 407 g/mol. The van der Waals surface area contributed by atoms with E-state index in [0.29, 0.717) is 19.4 Å². The van der Waals surface area contributed by atoms with Crippen LogP contribution in [0, 0.1) is 11.6 Å². The van der Waals surface area contributed by atoms with Crippen LogP contribution in [-0.2, 0) is 11.2 Å². The molecule has 6 heteroatoms. The summed E-state index contributed by atoms with van der Waals surface area (Å²) in [7, 11) is 0. The summed E-state index contributed by atoms with van der Waals surface area (Å²) in [5.41, 5.74) is 3.35. The van der Waals surface area contributed by atoms with Gasteiger partial charge in [-0.1, -0.05) is 12.1 Å². The molecule has 1 amide bonds. The quantitative estimate of drug-likeness (QED) is 0.613. The van der Waals surface area contributed by atoms with Gasteiger partial charge in [0.15, 0.2) is 0 Å². The van der Waals surface area contributed by atoms with Gasteiger partial charge in [-0.3, -0.25) is 14.8 Å². The Morgan fingerprint density at radius 2 is 1.63 bits per heavy atom. The highest BCUT2D eigenvalue weighted by Gasteiger charge is 2.27. The fourth-order valence-electron chi connectivity index (χ4n) is 3.97. The van der Waals surface area contributed by atoms with E-state index in [2.05, 4.69) is 9.97 Å². The van der Waals surface area contributed by atoms with E-state index in [9.17, 15) is 13.6 Å². The van der Waals surface area contributed by atoms with Gasteiger partial charge in [-0.05, 0) is 61.2 Å². The van der Waals surface area contributed by atoms with Crippen LogP contribution in [0.25, 0.3) is 11.3 Å². The third-order valence-electron chi connectivity index (χ3n) is 5.55. The van der Waals surface area contributed by atoms with Gasteiger partial charge in [0.25, 0.3) is 0 Å². The zero-order valence-electron chi connectivity index (χ0n) is 16.6. The second kappa shape index (κ2) is 9.11. The number of carbonyl (C=O) groups is 1. The number of hydrogen-bond donors (Lipinski definition) is 0. The van der Waals surface area contributed by atoms with E-state index in [1.54, 1.807) is 36.7 Å². The van der Waals surface area contributed by atoms with Crippen LogP contribution >= 0.6 is 0 Å². The molecule has 2 aromatic carbocycles. The van der Waals surface area contributed by atoms with Crippen LogP contribution in [0.5, 0.6) is 0 Å².